The fraction of sp³-hybridized carbons (Fsp3) is 1.00. The molecule has 0 bridgehead atoms. The predicted octanol–water partition coefficient (Wildman–Crippen LogP) is 1.95. The third kappa shape index (κ3) is 3.25. The van der Waals surface area contributed by atoms with Crippen molar-refractivity contribution in [2.24, 2.45) is 5.41 Å². The van der Waals surface area contributed by atoms with E-state index in [0.29, 0.717) is 17.5 Å². The number of likely N-dealkylation sites (N-methyl/N-ethyl adjacent to an activating group) is 2. The SMILES string of the molecule is CN1CCCC1CN(C)C1CC(C)(C)CCC1O. The molecule has 0 aromatic rings. The first-order valence-electron chi connectivity index (χ1n) is 7.47. The van der Waals surface area contributed by atoms with Crippen molar-refractivity contribution in [2.75, 3.05) is 27.2 Å². The van der Waals surface area contributed by atoms with Gasteiger partial charge in [0.15, 0.2) is 0 Å². The lowest BCUT2D eigenvalue weighted by Crippen LogP contribution is -2.50. The van der Waals surface area contributed by atoms with Crippen LogP contribution in [-0.2, 0) is 0 Å². The number of aliphatic hydroxyl groups is 1. The molecule has 1 aliphatic heterocycles. The minimum atomic E-state index is -0.130. The lowest BCUT2D eigenvalue weighted by Gasteiger charge is -2.43. The Morgan fingerprint density at radius 1 is 1.33 bits per heavy atom. The average Bonchev–Trinajstić information content (AvgIpc) is 2.68. The molecule has 0 aromatic heterocycles. The molecular weight excluding hydrogens is 224 g/mol. The van der Waals surface area contributed by atoms with Gasteiger partial charge in [-0.05, 0) is 58.2 Å². The summed E-state index contributed by atoms with van der Waals surface area (Å²) in [7, 11) is 4.42. The van der Waals surface area contributed by atoms with Crippen molar-refractivity contribution in [3.05, 3.63) is 0 Å². The Morgan fingerprint density at radius 3 is 2.67 bits per heavy atom. The highest BCUT2D eigenvalue weighted by atomic mass is 16.3. The summed E-state index contributed by atoms with van der Waals surface area (Å²) in [4.78, 5) is 4.88. The molecule has 2 fully saturated rings. The van der Waals surface area contributed by atoms with Crippen molar-refractivity contribution in [3.8, 4) is 0 Å². The highest BCUT2D eigenvalue weighted by Gasteiger charge is 2.37. The fourth-order valence-corrected chi connectivity index (χ4v) is 3.66. The largest absolute Gasteiger partial charge is 0.391 e. The average molecular weight is 254 g/mol. The van der Waals surface area contributed by atoms with Crippen molar-refractivity contribution in [3.63, 3.8) is 0 Å². The van der Waals surface area contributed by atoms with Crippen LogP contribution in [0.25, 0.3) is 0 Å². The van der Waals surface area contributed by atoms with E-state index in [9.17, 15) is 5.11 Å². The Labute approximate surface area is 112 Å². The van der Waals surface area contributed by atoms with E-state index < -0.39 is 0 Å². The first-order chi connectivity index (χ1) is 8.39. The molecule has 3 atom stereocenters. The Balaban J connectivity index is 1.92. The van der Waals surface area contributed by atoms with E-state index in [1.54, 1.807) is 0 Å². The molecule has 1 saturated heterocycles. The predicted molar refractivity (Wildman–Crippen MR) is 75.7 cm³/mol. The standard InChI is InChI=1S/C15H30N2O/c1-15(2)8-7-14(18)13(10-15)17(4)11-12-6-5-9-16(12)3/h12-14,18H,5-11H2,1-4H3. The van der Waals surface area contributed by atoms with Crippen LogP contribution in [0, 0.1) is 5.41 Å². The number of rotatable bonds is 3. The molecule has 1 N–H and O–H groups in total. The zero-order valence-corrected chi connectivity index (χ0v) is 12.5. The summed E-state index contributed by atoms with van der Waals surface area (Å²) in [5.41, 5.74) is 0.389. The number of aliphatic hydroxyl groups excluding tert-OH is 1. The van der Waals surface area contributed by atoms with Gasteiger partial charge in [0.25, 0.3) is 0 Å². The summed E-state index contributed by atoms with van der Waals surface area (Å²) in [6.07, 6.45) is 5.75. The van der Waals surface area contributed by atoms with E-state index in [1.165, 1.54) is 19.4 Å². The number of hydrogen-bond acceptors (Lipinski definition) is 3. The number of likely N-dealkylation sites (tertiary alicyclic amines) is 1. The molecule has 1 heterocycles. The van der Waals surface area contributed by atoms with Gasteiger partial charge in [-0.1, -0.05) is 13.8 Å². The minimum Gasteiger partial charge on any atom is -0.391 e. The van der Waals surface area contributed by atoms with Crippen LogP contribution in [0.15, 0.2) is 0 Å². The summed E-state index contributed by atoms with van der Waals surface area (Å²) in [5, 5.41) is 10.3. The van der Waals surface area contributed by atoms with Gasteiger partial charge in [-0.3, -0.25) is 4.90 Å². The molecule has 3 nitrogen and oxygen atoms in total. The lowest BCUT2D eigenvalue weighted by atomic mass is 9.73. The number of hydrogen-bond donors (Lipinski definition) is 1. The van der Waals surface area contributed by atoms with E-state index in [2.05, 4.69) is 37.7 Å². The molecule has 3 heteroatoms. The zero-order valence-electron chi connectivity index (χ0n) is 12.5. The van der Waals surface area contributed by atoms with Gasteiger partial charge in [0.1, 0.15) is 0 Å². The maximum absolute atomic E-state index is 10.3. The number of nitrogens with zero attached hydrogens (tertiary/aromatic N) is 2. The first kappa shape index (κ1) is 14.3. The highest BCUT2D eigenvalue weighted by Crippen LogP contribution is 2.37. The summed E-state index contributed by atoms with van der Waals surface area (Å²) in [6.45, 7) is 7.01. The smallest absolute Gasteiger partial charge is 0.0695 e. The van der Waals surface area contributed by atoms with E-state index in [-0.39, 0.29) is 6.10 Å². The van der Waals surface area contributed by atoms with E-state index in [1.807, 2.05) is 0 Å². The third-order valence-corrected chi connectivity index (χ3v) is 5.06. The Kier molecular flexibility index (Phi) is 4.35. The molecule has 18 heavy (non-hydrogen) atoms. The van der Waals surface area contributed by atoms with Crippen LogP contribution in [-0.4, -0.2) is 60.3 Å². The molecule has 3 unspecified atom stereocenters. The van der Waals surface area contributed by atoms with Crippen molar-refractivity contribution >= 4 is 0 Å². The van der Waals surface area contributed by atoms with Gasteiger partial charge in [-0.25, -0.2) is 0 Å². The van der Waals surface area contributed by atoms with Gasteiger partial charge in [0.05, 0.1) is 6.10 Å². The molecule has 1 aliphatic carbocycles. The van der Waals surface area contributed by atoms with Crippen molar-refractivity contribution < 1.29 is 5.11 Å². The van der Waals surface area contributed by atoms with Crippen molar-refractivity contribution in [1.29, 1.82) is 0 Å². The highest BCUT2D eigenvalue weighted by molar-refractivity contribution is 4.91. The van der Waals surface area contributed by atoms with Gasteiger partial charge in [-0.15, -0.1) is 0 Å². The lowest BCUT2D eigenvalue weighted by molar-refractivity contribution is -0.0131. The van der Waals surface area contributed by atoms with Crippen LogP contribution < -0.4 is 0 Å². The maximum atomic E-state index is 10.3. The molecule has 0 spiro atoms. The van der Waals surface area contributed by atoms with Crippen LogP contribution in [0.5, 0.6) is 0 Å². The first-order valence-corrected chi connectivity index (χ1v) is 7.47. The van der Waals surface area contributed by atoms with E-state index in [0.717, 1.165) is 25.8 Å². The summed E-state index contributed by atoms with van der Waals surface area (Å²) >= 11 is 0. The van der Waals surface area contributed by atoms with Gasteiger partial charge in [-0.2, -0.15) is 0 Å². The second kappa shape index (κ2) is 5.48. The van der Waals surface area contributed by atoms with Gasteiger partial charge < -0.3 is 10.0 Å². The topological polar surface area (TPSA) is 26.7 Å². The molecule has 1 saturated carbocycles. The van der Waals surface area contributed by atoms with Crippen LogP contribution in [0.3, 0.4) is 0 Å². The van der Waals surface area contributed by atoms with Crippen LogP contribution in [0.2, 0.25) is 0 Å². The molecule has 0 aromatic carbocycles. The Morgan fingerprint density at radius 2 is 2.06 bits per heavy atom. The fourth-order valence-electron chi connectivity index (χ4n) is 3.66. The van der Waals surface area contributed by atoms with Gasteiger partial charge in [0.2, 0.25) is 0 Å². The maximum Gasteiger partial charge on any atom is 0.0695 e. The molecule has 0 radical (unpaired) electrons. The summed E-state index contributed by atoms with van der Waals surface area (Å²) in [6, 6.07) is 1.04. The van der Waals surface area contributed by atoms with Crippen LogP contribution >= 0.6 is 0 Å². The molecule has 106 valence electrons. The monoisotopic (exact) mass is 254 g/mol. The Hall–Kier alpha value is -0.120. The quantitative estimate of drug-likeness (QED) is 0.834. The van der Waals surface area contributed by atoms with E-state index in [4.69, 9.17) is 0 Å². The molecule has 2 aliphatic rings. The van der Waals surface area contributed by atoms with Gasteiger partial charge >= 0.3 is 0 Å². The second-order valence-electron chi connectivity index (χ2n) is 7.26. The minimum absolute atomic E-state index is 0.130. The molecule has 0 amide bonds. The molecular formula is C15H30N2O. The normalized spacial score (nSPS) is 37.3. The summed E-state index contributed by atoms with van der Waals surface area (Å²) < 4.78 is 0. The Bertz CT molecular complexity index is 280. The van der Waals surface area contributed by atoms with Crippen LogP contribution in [0.4, 0.5) is 0 Å². The zero-order chi connectivity index (χ0) is 13.3. The van der Waals surface area contributed by atoms with Crippen molar-refractivity contribution in [2.45, 2.75) is 64.1 Å². The van der Waals surface area contributed by atoms with Crippen LogP contribution in [0.1, 0.15) is 46.0 Å². The van der Waals surface area contributed by atoms with Gasteiger partial charge in [0, 0.05) is 18.6 Å². The molecule has 2 rings (SSSR count). The second-order valence-corrected chi connectivity index (χ2v) is 7.26. The van der Waals surface area contributed by atoms with E-state index >= 15 is 0 Å². The summed E-state index contributed by atoms with van der Waals surface area (Å²) in [5.74, 6) is 0. The third-order valence-electron chi connectivity index (χ3n) is 5.06. The van der Waals surface area contributed by atoms with Crippen molar-refractivity contribution in [1.82, 2.24) is 9.80 Å².